The van der Waals surface area contributed by atoms with E-state index in [9.17, 15) is 23.1 Å². The highest BCUT2D eigenvalue weighted by Gasteiger charge is 2.28. The molecule has 1 aromatic heterocycles. The Balaban J connectivity index is 1.76. The van der Waals surface area contributed by atoms with Crippen molar-refractivity contribution in [3.05, 3.63) is 81.1 Å². The fourth-order valence-electron chi connectivity index (χ4n) is 3.79. The number of rotatable bonds is 5. The molecule has 0 saturated heterocycles. The molecule has 3 aromatic rings. The zero-order valence-corrected chi connectivity index (χ0v) is 18.8. The van der Waals surface area contributed by atoms with Gasteiger partial charge in [-0.3, -0.25) is 4.79 Å². The number of amides is 1. The fourth-order valence-corrected chi connectivity index (χ4v) is 5.47. The van der Waals surface area contributed by atoms with Gasteiger partial charge in [0, 0.05) is 27.7 Å². The van der Waals surface area contributed by atoms with Gasteiger partial charge in [-0.05, 0) is 55.3 Å². The highest BCUT2D eigenvalue weighted by Crippen LogP contribution is 2.36. The van der Waals surface area contributed by atoms with Gasteiger partial charge in [0.15, 0.2) is 9.84 Å². The van der Waals surface area contributed by atoms with Gasteiger partial charge in [-0.2, -0.15) is 0 Å². The van der Waals surface area contributed by atoms with Crippen molar-refractivity contribution in [2.75, 3.05) is 5.32 Å². The number of fused-ring (bicyclic) bond motifs is 1. The number of nitrogens with one attached hydrogen (secondary N) is 2. The SMILES string of the molecule is Cc1[nH]c(/C=C2\C(=O)Nc3ccc(S(=O)(=O)Cc4ccccc4Cl)cc32)c(C)c1C(=O)O. The molecular weight excluding hydrogens is 452 g/mol. The van der Waals surface area contributed by atoms with E-state index in [2.05, 4.69) is 10.3 Å². The summed E-state index contributed by atoms with van der Waals surface area (Å²) >= 11 is 6.12. The third-order valence-corrected chi connectivity index (χ3v) is 7.45. The standard InChI is InChI=1S/C23H19ClN2O5S/c1-12-20(25-13(2)21(12)23(28)29)10-17-16-9-15(7-8-19(16)26-22(17)27)32(30,31)11-14-5-3-4-6-18(14)24/h3-10,25H,11H2,1-2H3,(H,26,27)(H,28,29)/b17-10-. The van der Waals surface area contributed by atoms with Gasteiger partial charge in [0.25, 0.3) is 5.91 Å². The predicted molar refractivity (Wildman–Crippen MR) is 123 cm³/mol. The largest absolute Gasteiger partial charge is 0.478 e. The summed E-state index contributed by atoms with van der Waals surface area (Å²) in [5.74, 6) is -1.74. The number of carbonyl (C=O) groups is 2. The summed E-state index contributed by atoms with van der Waals surface area (Å²) in [6, 6.07) is 11.2. The number of hydrogen-bond donors (Lipinski definition) is 3. The topological polar surface area (TPSA) is 116 Å². The number of carboxylic acids is 1. The van der Waals surface area contributed by atoms with Crippen molar-refractivity contribution in [1.82, 2.24) is 4.98 Å². The van der Waals surface area contributed by atoms with E-state index in [1.54, 1.807) is 50.3 Å². The number of H-pyrrole nitrogens is 1. The Morgan fingerprint density at radius 2 is 1.88 bits per heavy atom. The summed E-state index contributed by atoms with van der Waals surface area (Å²) in [6.45, 7) is 3.29. The van der Waals surface area contributed by atoms with Crippen LogP contribution in [0.2, 0.25) is 5.02 Å². The zero-order valence-electron chi connectivity index (χ0n) is 17.2. The number of aryl methyl sites for hydroxylation is 1. The van der Waals surface area contributed by atoms with E-state index in [-0.39, 0.29) is 21.8 Å². The number of carbonyl (C=O) groups excluding carboxylic acids is 1. The predicted octanol–water partition coefficient (Wildman–Crippen LogP) is 4.45. The van der Waals surface area contributed by atoms with E-state index in [0.29, 0.717) is 38.8 Å². The second kappa shape index (κ2) is 7.96. The van der Waals surface area contributed by atoms with Gasteiger partial charge in [0.05, 0.1) is 21.8 Å². The Morgan fingerprint density at radius 1 is 1.16 bits per heavy atom. The average molecular weight is 471 g/mol. The third-order valence-electron chi connectivity index (χ3n) is 5.42. The average Bonchev–Trinajstić information content (AvgIpc) is 3.18. The smallest absolute Gasteiger partial charge is 0.337 e. The Morgan fingerprint density at radius 3 is 2.53 bits per heavy atom. The number of sulfone groups is 1. The van der Waals surface area contributed by atoms with E-state index in [4.69, 9.17) is 11.6 Å². The molecule has 7 nitrogen and oxygen atoms in total. The van der Waals surface area contributed by atoms with Gasteiger partial charge in [-0.25, -0.2) is 13.2 Å². The number of benzene rings is 2. The molecule has 0 fully saturated rings. The Hall–Kier alpha value is -3.36. The first kappa shape index (κ1) is 21.9. The Bertz CT molecular complexity index is 1420. The quantitative estimate of drug-likeness (QED) is 0.476. The van der Waals surface area contributed by atoms with Gasteiger partial charge in [0.1, 0.15) is 0 Å². The third kappa shape index (κ3) is 3.83. The summed E-state index contributed by atoms with van der Waals surface area (Å²) in [5, 5.41) is 12.5. The maximum Gasteiger partial charge on any atom is 0.337 e. The van der Waals surface area contributed by atoms with Gasteiger partial charge in [-0.15, -0.1) is 0 Å². The lowest BCUT2D eigenvalue weighted by Crippen LogP contribution is -2.05. The molecule has 32 heavy (non-hydrogen) atoms. The highest BCUT2D eigenvalue weighted by molar-refractivity contribution is 7.90. The maximum atomic E-state index is 13.0. The van der Waals surface area contributed by atoms with E-state index < -0.39 is 21.7 Å². The number of aromatic amines is 1. The molecule has 0 atom stereocenters. The van der Waals surface area contributed by atoms with Crippen LogP contribution >= 0.6 is 11.6 Å². The lowest BCUT2D eigenvalue weighted by Gasteiger charge is -2.08. The molecule has 1 amide bonds. The molecule has 0 unspecified atom stereocenters. The number of halogens is 1. The lowest BCUT2D eigenvalue weighted by molar-refractivity contribution is -0.110. The van der Waals surface area contributed by atoms with Crippen molar-refractivity contribution >= 4 is 50.7 Å². The fraction of sp³-hybridized carbons (Fsp3) is 0.130. The van der Waals surface area contributed by atoms with Crippen molar-refractivity contribution < 1.29 is 23.1 Å². The van der Waals surface area contributed by atoms with Gasteiger partial charge >= 0.3 is 5.97 Å². The lowest BCUT2D eigenvalue weighted by atomic mass is 10.0. The minimum atomic E-state index is -3.73. The number of hydrogen-bond acceptors (Lipinski definition) is 4. The molecule has 0 bridgehead atoms. The van der Waals surface area contributed by atoms with Crippen LogP contribution in [-0.2, 0) is 20.4 Å². The number of aromatic nitrogens is 1. The first-order chi connectivity index (χ1) is 15.1. The van der Waals surface area contributed by atoms with Crippen LogP contribution in [0.1, 0.15) is 38.4 Å². The molecule has 1 aliphatic rings. The minimum Gasteiger partial charge on any atom is -0.478 e. The minimum absolute atomic E-state index is 0.0594. The number of aromatic carboxylic acids is 1. The molecule has 2 aromatic carbocycles. The van der Waals surface area contributed by atoms with Gasteiger partial charge in [-0.1, -0.05) is 29.8 Å². The van der Waals surface area contributed by atoms with Crippen LogP contribution < -0.4 is 5.32 Å². The molecule has 0 aliphatic carbocycles. The van der Waals surface area contributed by atoms with Crippen LogP contribution in [0, 0.1) is 13.8 Å². The molecule has 164 valence electrons. The van der Waals surface area contributed by atoms with Crippen LogP contribution in [0.4, 0.5) is 5.69 Å². The van der Waals surface area contributed by atoms with Crippen LogP contribution in [0.25, 0.3) is 11.6 Å². The van der Waals surface area contributed by atoms with Gasteiger partial charge < -0.3 is 15.4 Å². The molecule has 3 N–H and O–H groups in total. The molecule has 0 saturated carbocycles. The summed E-state index contributed by atoms with van der Waals surface area (Å²) in [7, 11) is -3.73. The highest BCUT2D eigenvalue weighted by atomic mass is 35.5. The van der Waals surface area contributed by atoms with Crippen molar-refractivity contribution in [3.63, 3.8) is 0 Å². The molecular formula is C23H19ClN2O5S. The summed E-state index contributed by atoms with van der Waals surface area (Å²) in [5.41, 5.74) is 3.22. The van der Waals surface area contributed by atoms with Crippen molar-refractivity contribution in [2.24, 2.45) is 0 Å². The summed E-state index contributed by atoms with van der Waals surface area (Å²) < 4.78 is 26.0. The van der Waals surface area contributed by atoms with E-state index in [0.717, 1.165) is 0 Å². The second-order valence-electron chi connectivity index (χ2n) is 7.54. The van der Waals surface area contributed by atoms with Crippen LogP contribution in [0.15, 0.2) is 47.4 Å². The van der Waals surface area contributed by atoms with Crippen molar-refractivity contribution in [1.29, 1.82) is 0 Å². The molecule has 4 rings (SSSR count). The number of carboxylic acid groups (broad SMARTS) is 1. The monoisotopic (exact) mass is 470 g/mol. The Labute approximate surface area is 189 Å². The maximum absolute atomic E-state index is 13.0. The van der Waals surface area contributed by atoms with Crippen molar-refractivity contribution in [3.8, 4) is 0 Å². The molecule has 9 heteroatoms. The van der Waals surface area contributed by atoms with Gasteiger partial charge in [0.2, 0.25) is 0 Å². The van der Waals surface area contributed by atoms with Crippen LogP contribution in [-0.4, -0.2) is 30.4 Å². The molecule has 0 spiro atoms. The zero-order chi connectivity index (χ0) is 23.2. The van der Waals surface area contributed by atoms with E-state index >= 15 is 0 Å². The Kier molecular flexibility index (Phi) is 5.44. The normalized spacial score (nSPS) is 14.5. The van der Waals surface area contributed by atoms with E-state index in [1.165, 1.54) is 12.1 Å². The molecule has 0 radical (unpaired) electrons. The first-order valence-corrected chi connectivity index (χ1v) is 11.7. The van der Waals surface area contributed by atoms with Crippen molar-refractivity contribution in [2.45, 2.75) is 24.5 Å². The van der Waals surface area contributed by atoms with Crippen LogP contribution in [0.3, 0.4) is 0 Å². The first-order valence-electron chi connectivity index (χ1n) is 9.64. The molecule has 2 heterocycles. The summed E-state index contributed by atoms with van der Waals surface area (Å²) in [6.07, 6.45) is 1.54. The number of anilines is 1. The van der Waals surface area contributed by atoms with Crippen LogP contribution in [0.5, 0.6) is 0 Å². The molecule has 1 aliphatic heterocycles. The van der Waals surface area contributed by atoms with E-state index in [1.807, 2.05) is 0 Å². The second-order valence-corrected chi connectivity index (χ2v) is 9.94. The summed E-state index contributed by atoms with van der Waals surface area (Å²) in [4.78, 5) is 27.1.